The number of anilines is 1. The lowest BCUT2D eigenvalue weighted by Crippen LogP contribution is -2.54. The van der Waals surface area contributed by atoms with E-state index in [1.165, 1.54) is 0 Å². The molecule has 1 aromatic heterocycles. The highest BCUT2D eigenvalue weighted by Gasteiger charge is 2.38. The average Bonchev–Trinajstić information content (AvgIpc) is 3.88. The van der Waals surface area contributed by atoms with Crippen LogP contribution < -0.4 is 9.64 Å². The van der Waals surface area contributed by atoms with Crippen LogP contribution >= 0.6 is 0 Å². The molecule has 54 heavy (non-hydrogen) atoms. The van der Waals surface area contributed by atoms with Gasteiger partial charge in [0.2, 0.25) is 5.91 Å². The zero-order chi connectivity index (χ0) is 37.7. The van der Waals surface area contributed by atoms with E-state index in [-0.39, 0.29) is 23.8 Å². The van der Waals surface area contributed by atoms with Crippen molar-refractivity contribution in [3.05, 3.63) is 102 Å². The second-order valence-corrected chi connectivity index (χ2v) is 15.8. The van der Waals surface area contributed by atoms with Crippen molar-refractivity contribution in [2.75, 3.05) is 44.2 Å². The zero-order valence-electron chi connectivity index (χ0n) is 31.7. The van der Waals surface area contributed by atoms with Crippen molar-refractivity contribution in [1.82, 2.24) is 24.9 Å². The van der Waals surface area contributed by atoms with Crippen LogP contribution in [-0.2, 0) is 27.3 Å². The molecule has 2 atom stereocenters. The highest BCUT2D eigenvalue weighted by atomic mass is 16.6. The number of carbonyl (C=O) groups excluding carboxylic acids is 3. The van der Waals surface area contributed by atoms with Gasteiger partial charge in [0.1, 0.15) is 11.4 Å². The van der Waals surface area contributed by atoms with Gasteiger partial charge in [-0.25, -0.2) is 4.79 Å². The van der Waals surface area contributed by atoms with Crippen LogP contribution in [0.2, 0.25) is 0 Å². The molecule has 3 fully saturated rings. The number of ether oxygens (including phenoxy) is 2. The topological polar surface area (TPSA) is 111 Å². The Morgan fingerprint density at radius 1 is 0.852 bits per heavy atom. The third-order valence-corrected chi connectivity index (χ3v) is 10.4. The number of nitrogens with one attached hydrogen (secondary N) is 1. The number of rotatable bonds is 11. The zero-order valence-corrected chi connectivity index (χ0v) is 31.7. The van der Waals surface area contributed by atoms with Gasteiger partial charge in [-0.15, -0.1) is 0 Å². The predicted molar refractivity (Wildman–Crippen MR) is 208 cm³/mol. The maximum atomic E-state index is 14.1. The van der Waals surface area contributed by atoms with E-state index in [0.29, 0.717) is 57.5 Å². The fourth-order valence-corrected chi connectivity index (χ4v) is 7.39. The standard InChI is InChI=1S/C43H52N6O5/c1-43(2,3)54-42(52)47-23-21-46(22-24-47)41(51)39(25-31-9-5-4-6-10-31)53-38-13-7-12-37(26-38)48-20-8-11-34(30-48)40(50)49(36-18-19-36)29-32-14-16-33(17-15-32)35-27-44-45-28-35/h4-7,9-10,12-17,26-28,34,36,39H,8,11,18-25,29-30H2,1-3H3,(H,44,45)/t34-,39?/m1/s1. The molecule has 284 valence electrons. The van der Waals surface area contributed by atoms with Gasteiger partial charge in [0, 0.05) is 81.8 Å². The van der Waals surface area contributed by atoms with Gasteiger partial charge < -0.3 is 29.1 Å². The second-order valence-electron chi connectivity index (χ2n) is 15.8. The summed E-state index contributed by atoms with van der Waals surface area (Å²) in [4.78, 5) is 48.7. The van der Waals surface area contributed by atoms with Crippen molar-refractivity contribution in [3.63, 3.8) is 0 Å². The first kappa shape index (κ1) is 37.0. The summed E-state index contributed by atoms with van der Waals surface area (Å²) < 4.78 is 12.1. The van der Waals surface area contributed by atoms with Crippen LogP contribution in [0.4, 0.5) is 10.5 Å². The lowest BCUT2D eigenvalue weighted by atomic mass is 9.95. The predicted octanol–water partition coefficient (Wildman–Crippen LogP) is 6.55. The van der Waals surface area contributed by atoms with Crippen LogP contribution in [0.5, 0.6) is 5.75 Å². The Bertz CT molecular complexity index is 1860. The number of piperidine rings is 1. The Labute approximate surface area is 318 Å². The van der Waals surface area contributed by atoms with Crippen LogP contribution in [0.3, 0.4) is 0 Å². The number of carbonyl (C=O) groups is 3. The van der Waals surface area contributed by atoms with E-state index in [1.807, 2.05) is 81.7 Å². The van der Waals surface area contributed by atoms with Crippen molar-refractivity contribution in [2.24, 2.45) is 5.92 Å². The van der Waals surface area contributed by atoms with Gasteiger partial charge in [0.15, 0.2) is 6.10 Å². The molecule has 7 rings (SSSR count). The molecule has 1 saturated carbocycles. The molecule has 3 aliphatic rings. The molecule has 2 aliphatic heterocycles. The smallest absolute Gasteiger partial charge is 0.410 e. The molecular formula is C43H52N6O5. The minimum absolute atomic E-state index is 0.0964. The summed E-state index contributed by atoms with van der Waals surface area (Å²) in [7, 11) is 0. The normalized spacial score (nSPS) is 18.2. The van der Waals surface area contributed by atoms with Crippen LogP contribution in [-0.4, -0.2) is 99.8 Å². The summed E-state index contributed by atoms with van der Waals surface area (Å²) in [5.74, 6) is 0.642. The number of piperazine rings is 1. The van der Waals surface area contributed by atoms with Gasteiger partial charge in [-0.05, 0) is 75.3 Å². The molecule has 0 bridgehead atoms. The van der Waals surface area contributed by atoms with E-state index in [1.54, 1.807) is 9.80 Å². The first-order valence-electron chi connectivity index (χ1n) is 19.3. The Balaban J connectivity index is 1.01. The van der Waals surface area contributed by atoms with Crippen molar-refractivity contribution in [1.29, 1.82) is 0 Å². The second kappa shape index (κ2) is 16.4. The summed E-state index contributed by atoms with van der Waals surface area (Å²) in [6.45, 7) is 9.27. The summed E-state index contributed by atoms with van der Waals surface area (Å²) >= 11 is 0. The maximum absolute atomic E-state index is 14.1. The summed E-state index contributed by atoms with van der Waals surface area (Å²) in [5.41, 5.74) is 4.68. The number of hydrogen-bond donors (Lipinski definition) is 1. The van der Waals surface area contributed by atoms with E-state index in [9.17, 15) is 14.4 Å². The lowest BCUT2D eigenvalue weighted by Gasteiger charge is -2.37. The summed E-state index contributed by atoms with van der Waals surface area (Å²) in [5, 5.41) is 6.93. The molecule has 4 aromatic rings. The molecule has 0 radical (unpaired) electrons. The van der Waals surface area contributed by atoms with Crippen LogP contribution in [0.15, 0.2) is 91.3 Å². The monoisotopic (exact) mass is 732 g/mol. The van der Waals surface area contributed by atoms with E-state index < -0.39 is 11.7 Å². The fraction of sp³-hybridized carbons (Fsp3) is 0.442. The average molecular weight is 733 g/mol. The van der Waals surface area contributed by atoms with Crippen LogP contribution in [0, 0.1) is 5.92 Å². The number of benzene rings is 3. The first-order valence-corrected chi connectivity index (χ1v) is 19.3. The molecule has 3 amide bonds. The number of H-pyrrole nitrogens is 1. The Hall–Kier alpha value is -5.32. The highest BCUT2D eigenvalue weighted by molar-refractivity contribution is 5.82. The van der Waals surface area contributed by atoms with Gasteiger partial charge in [-0.2, -0.15) is 5.10 Å². The molecule has 1 unspecified atom stereocenters. The van der Waals surface area contributed by atoms with Crippen molar-refractivity contribution in [2.45, 2.75) is 77.2 Å². The van der Waals surface area contributed by atoms with E-state index in [2.05, 4.69) is 50.3 Å². The summed E-state index contributed by atoms with van der Waals surface area (Å²) in [6, 6.07) is 26.5. The molecule has 1 aliphatic carbocycles. The van der Waals surface area contributed by atoms with Crippen molar-refractivity contribution in [3.8, 4) is 16.9 Å². The van der Waals surface area contributed by atoms with Gasteiger partial charge in [0.25, 0.3) is 5.91 Å². The Kier molecular flexibility index (Phi) is 11.2. The minimum Gasteiger partial charge on any atom is -0.480 e. The summed E-state index contributed by atoms with van der Waals surface area (Å²) in [6.07, 6.45) is 6.90. The fourth-order valence-electron chi connectivity index (χ4n) is 7.39. The van der Waals surface area contributed by atoms with Crippen molar-refractivity contribution >= 4 is 23.6 Å². The molecule has 11 nitrogen and oxygen atoms in total. The van der Waals surface area contributed by atoms with Crippen LogP contribution in [0.25, 0.3) is 11.1 Å². The third-order valence-electron chi connectivity index (χ3n) is 10.4. The van der Waals surface area contributed by atoms with Gasteiger partial charge >= 0.3 is 6.09 Å². The number of aromatic amines is 1. The molecule has 3 heterocycles. The van der Waals surface area contributed by atoms with Crippen molar-refractivity contribution < 1.29 is 23.9 Å². The first-order chi connectivity index (χ1) is 26.1. The SMILES string of the molecule is CC(C)(C)OC(=O)N1CCN(C(=O)C(Cc2ccccc2)Oc2cccc(N3CCC[C@@H](C(=O)N(Cc4ccc(-c5cn[nH]c5)cc4)C4CC4)C3)c2)CC1. The molecule has 2 saturated heterocycles. The molecule has 3 aromatic carbocycles. The van der Waals surface area contributed by atoms with Gasteiger partial charge in [0.05, 0.1) is 12.1 Å². The minimum atomic E-state index is -0.743. The Morgan fingerprint density at radius 2 is 1.59 bits per heavy atom. The number of amides is 3. The maximum Gasteiger partial charge on any atom is 0.410 e. The largest absolute Gasteiger partial charge is 0.480 e. The van der Waals surface area contributed by atoms with E-state index in [0.717, 1.165) is 60.2 Å². The van der Waals surface area contributed by atoms with E-state index in [4.69, 9.17) is 9.47 Å². The van der Waals surface area contributed by atoms with Crippen LogP contribution in [0.1, 0.15) is 57.6 Å². The number of aromatic nitrogens is 2. The lowest BCUT2D eigenvalue weighted by molar-refractivity contribution is -0.140. The van der Waals surface area contributed by atoms with Gasteiger partial charge in [-0.1, -0.05) is 60.7 Å². The molecule has 11 heteroatoms. The van der Waals surface area contributed by atoms with E-state index >= 15 is 0 Å². The highest BCUT2D eigenvalue weighted by Crippen LogP contribution is 2.34. The molecule has 0 spiro atoms. The quantitative estimate of drug-likeness (QED) is 0.186. The third kappa shape index (κ3) is 9.42. The molecular weight excluding hydrogens is 681 g/mol. The number of hydrogen-bond acceptors (Lipinski definition) is 7. The molecule has 1 N–H and O–H groups in total. The number of nitrogens with zero attached hydrogens (tertiary/aromatic N) is 5. The van der Waals surface area contributed by atoms with Gasteiger partial charge in [-0.3, -0.25) is 14.7 Å². The Morgan fingerprint density at radius 3 is 2.28 bits per heavy atom.